The number of hydrogen-bond acceptors (Lipinski definition) is 4. The molecule has 1 aromatic heterocycles. The first-order chi connectivity index (χ1) is 16.2. The number of rotatable bonds is 8. The Hall–Kier alpha value is -2.16. The van der Waals surface area contributed by atoms with Crippen LogP contribution < -0.4 is 0 Å². The van der Waals surface area contributed by atoms with Gasteiger partial charge in [0, 0.05) is 28.9 Å². The van der Waals surface area contributed by atoms with E-state index in [-0.39, 0.29) is 10.6 Å². The van der Waals surface area contributed by atoms with Gasteiger partial charge in [0.15, 0.2) is 9.84 Å². The number of imidazole rings is 1. The summed E-state index contributed by atoms with van der Waals surface area (Å²) in [5.74, 6) is -0.142. The second-order valence-electron chi connectivity index (χ2n) is 7.58. The van der Waals surface area contributed by atoms with Gasteiger partial charge in [-0.2, -0.15) is 0 Å². The molecule has 4 rings (SSSR count). The molecule has 0 bridgehead atoms. The van der Waals surface area contributed by atoms with Crippen molar-refractivity contribution in [2.45, 2.75) is 27.3 Å². The van der Waals surface area contributed by atoms with Gasteiger partial charge in [0.2, 0.25) is 0 Å². The van der Waals surface area contributed by atoms with Crippen molar-refractivity contribution in [1.82, 2.24) is 9.55 Å². The summed E-state index contributed by atoms with van der Waals surface area (Å²) < 4.78 is 41.2. The average Bonchev–Trinajstić information content (AvgIpc) is 3.34. The molecule has 5 nitrogen and oxygen atoms in total. The lowest BCUT2D eigenvalue weighted by Gasteiger charge is -2.19. The number of sulfone groups is 1. The molecule has 3 aromatic carbocycles. The third-order valence-electron chi connectivity index (χ3n) is 5.20. The van der Waals surface area contributed by atoms with E-state index in [9.17, 15) is 12.6 Å². The average molecular weight is 554 g/mol. The maximum absolute atomic E-state index is 13.5. The number of hydrogen-bond donors (Lipinski definition) is 0. The summed E-state index contributed by atoms with van der Waals surface area (Å²) in [7, 11) is -5.06. The third kappa shape index (κ3) is 5.90. The molecule has 0 saturated carbocycles. The molecule has 0 fully saturated rings. The van der Waals surface area contributed by atoms with E-state index in [2.05, 4.69) is 4.98 Å². The van der Waals surface area contributed by atoms with Gasteiger partial charge in [-0.25, -0.2) is 13.4 Å². The van der Waals surface area contributed by atoms with Gasteiger partial charge in [-0.05, 0) is 53.6 Å². The number of benzene rings is 3. The van der Waals surface area contributed by atoms with Crippen LogP contribution in [0.5, 0.6) is 0 Å². The first-order valence-electron chi connectivity index (χ1n) is 10.1. The van der Waals surface area contributed by atoms with Gasteiger partial charge in [-0.1, -0.05) is 59.1 Å². The van der Waals surface area contributed by atoms with E-state index >= 15 is 0 Å². The van der Waals surface area contributed by atoms with Crippen LogP contribution in [-0.2, 0) is 32.9 Å². The highest BCUT2D eigenvalue weighted by Gasteiger charge is 2.23. The van der Waals surface area contributed by atoms with Crippen molar-refractivity contribution < 1.29 is 12.6 Å². The Morgan fingerprint density at radius 1 is 0.912 bits per heavy atom. The summed E-state index contributed by atoms with van der Waals surface area (Å²) in [6.45, 7) is 0.379. The Balaban J connectivity index is 1.63. The fourth-order valence-electron chi connectivity index (χ4n) is 3.42. The highest BCUT2D eigenvalue weighted by Crippen LogP contribution is 2.32. The molecule has 0 aliphatic carbocycles. The molecule has 34 heavy (non-hydrogen) atoms. The second-order valence-corrected chi connectivity index (χ2v) is 12.5. The molecule has 2 unspecified atom stereocenters. The first kappa shape index (κ1) is 24.9. The summed E-state index contributed by atoms with van der Waals surface area (Å²) in [5.41, 5.74) is 1.37. The SMILES string of the molecule is O=S(c1ccc(Cl)c(Cl)c1)C(Cn1ccnc1)c1ccc(S(=O)(=O)Cc2ccc(Cl)cc2)cc1. The zero-order valence-corrected chi connectivity index (χ0v) is 21.5. The fourth-order valence-corrected chi connectivity index (χ4v) is 6.74. The van der Waals surface area contributed by atoms with Crippen LogP contribution >= 0.6 is 34.8 Å². The number of halogens is 3. The largest absolute Gasteiger partial charge is 0.336 e. The van der Waals surface area contributed by atoms with Crippen LogP contribution in [0.2, 0.25) is 15.1 Å². The van der Waals surface area contributed by atoms with E-state index in [4.69, 9.17) is 34.8 Å². The Kier molecular flexibility index (Phi) is 7.80. The molecule has 0 aliphatic rings. The minimum Gasteiger partial charge on any atom is -0.336 e. The summed E-state index contributed by atoms with van der Waals surface area (Å²) in [5, 5.41) is 0.769. The molecule has 0 N–H and O–H groups in total. The van der Waals surface area contributed by atoms with Gasteiger partial charge in [0.05, 0.1) is 43.1 Å². The van der Waals surface area contributed by atoms with E-state index < -0.39 is 25.9 Å². The van der Waals surface area contributed by atoms with Gasteiger partial charge in [-0.15, -0.1) is 0 Å². The molecule has 0 saturated heterocycles. The van der Waals surface area contributed by atoms with E-state index in [1.807, 2.05) is 4.57 Å². The van der Waals surface area contributed by atoms with Crippen molar-refractivity contribution >= 4 is 55.4 Å². The second kappa shape index (κ2) is 10.6. The predicted octanol–water partition coefficient (Wildman–Crippen LogP) is 6.37. The Labute approximate surface area is 215 Å². The first-order valence-corrected chi connectivity index (χ1v) is 14.1. The summed E-state index contributed by atoms with van der Waals surface area (Å²) in [6.07, 6.45) is 5.07. The van der Waals surface area contributed by atoms with Crippen molar-refractivity contribution in [3.63, 3.8) is 0 Å². The molecule has 4 aromatic rings. The lowest BCUT2D eigenvalue weighted by molar-refractivity contribution is 0.595. The van der Waals surface area contributed by atoms with Crippen LogP contribution in [0.3, 0.4) is 0 Å². The molecule has 0 radical (unpaired) electrons. The fraction of sp³-hybridized carbons (Fsp3) is 0.125. The minimum absolute atomic E-state index is 0.142. The zero-order chi connectivity index (χ0) is 24.3. The number of nitrogens with zero attached hydrogens (tertiary/aromatic N) is 2. The summed E-state index contributed by atoms with van der Waals surface area (Å²) >= 11 is 18.0. The van der Waals surface area contributed by atoms with E-state index in [0.29, 0.717) is 32.1 Å². The lowest BCUT2D eigenvalue weighted by Crippen LogP contribution is -2.14. The van der Waals surface area contributed by atoms with Crippen molar-refractivity contribution in [3.8, 4) is 0 Å². The molecular formula is C24H19Cl3N2O3S2. The molecule has 2 atom stereocenters. The normalized spacial score (nSPS) is 13.5. The molecule has 1 heterocycles. The van der Waals surface area contributed by atoms with E-state index in [1.54, 1.807) is 85.5 Å². The predicted molar refractivity (Wildman–Crippen MR) is 137 cm³/mol. The van der Waals surface area contributed by atoms with Crippen molar-refractivity contribution in [3.05, 3.63) is 112 Å². The maximum atomic E-state index is 13.5. The topological polar surface area (TPSA) is 69.0 Å². The van der Waals surface area contributed by atoms with Gasteiger partial charge < -0.3 is 4.57 Å². The molecule has 0 aliphatic heterocycles. The molecule has 10 heteroatoms. The zero-order valence-electron chi connectivity index (χ0n) is 17.6. The maximum Gasteiger partial charge on any atom is 0.182 e. The van der Waals surface area contributed by atoms with Crippen LogP contribution in [0, 0.1) is 0 Å². The van der Waals surface area contributed by atoms with E-state index in [0.717, 1.165) is 5.56 Å². The van der Waals surface area contributed by atoms with Crippen LogP contribution in [0.25, 0.3) is 0 Å². The third-order valence-corrected chi connectivity index (χ3v) is 9.55. The van der Waals surface area contributed by atoms with Gasteiger partial charge in [0.1, 0.15) is 0 Å². The molecular weight excluding hydrogens is 535 g/mol. The van der Waals surface area contributed by atoms with Crippen LogP contribution in [0.15, 0.2) is 95.2 Å². The summed E-state index contributed by atoms with van der Waals surface area (Å²) in [6, 6.07) is 18.1. The summed E-state index contributed by atoms with van der Waals surface area (Å²) in [4.78, 5) is 4.77. The highest BCUT2D eigenvalue weighted by atomic mass is 35.5. The lowest BCUT2D eigenvalue weighted by atomic mass is 10.1. The van der Waals surface area contributed by atoms with Crippen molar-refractivity contribution in [1.29, 1.82) is 0 Å². The van der Waals surface area contributed by atoms with Crippen molar-refractivity contribution in [2.75, 3.05) is 0 Å². The quantitative estimate of drug-likeness (QED) is 0.254. The molecule has 0 amide bonds. The van der Waals surface area contributed by atoms with Gasteiger partial charge >= 0.3 is 0 Å². The number of aromatic nitrogens is 2. The molecule has 0 spiro atoms. The Bertz CT molecular complexity index is 1410. The van der Waals surface area contributed by atoms with Gasteiger partial charge in [-0.3, -0.25) is 4.21 Å². The Morgan fingerprint density at radius 3 is 2.24 bits per heavy atom. The smallest absolute Gasteiger partial charge is 0.182 e. The van der Waals surface area contributed by atoms with Crippen LogP contribution in [0.1, 0.15) is 16.4 Å². The molecule has 176 valence electrons. The highest BCUT2D eigenvalue weighted by molar-refractivity contribution is 7.90. The minimum atomic E-state index is -3.57. The van der Waals surface area contributed by atoms with Crippen molar-refractivity contribution in [2.24, 2.45) is 0 Å². The van der Waals surface area contributed by atoms with Gasteiger partial charge in [0.25, 0.3) is 0 Å². The standard InChI is InChI=1S/C24H19Cl3N2O3S2/c25-19-5-1-17(2-6-19)15-34(31,32)21-8-3-18(4-9-21)24(14-29-12-11-28-16-29)33(30)20-7-10-22(26)23(27)13-20/h1-13,16,24H,14-15H2. The van der Waals surface area contributed by atoms with E-state index in [1.165, 1.54) is 0 Å². The van der Waals surface area contributed by atoms with Crippen LogP contribution in [0.4, 0.5) is 0 Å². The Morgan fingerprint density at radius 2 is 1.62 bits per heavy atom. The monoisotopic (exact) mass is 552 g/mol. The van der Waals surface area contributed by atoms with Crippen LogP contribution in [-0.4, -0.2) is 22.2 Å².